The maximum Gasteiger partial charge on any atom is 0.0782 e. The summed E-state index contributed by atoms with van der Waals surface area (Å²) in [6.45, 7) is 0. The minimum atomic E-state index is -0.758. The van der Waals surface area contributed by atoms with Crippen LogP contribution in [0.1, 0.15) is 29.1 Å². The van der Waals surface area contributed by atoms with Gasteiger partial charge in [0.15, 0.2) is 0 Å². The van der Waals surface area contributed by atoms with Gasteiger partial charge in [0, 0.05) is 44.8 Å². The molecule has 0 amide bonds. The van der Waals surface area contributed by atoms with Gasteiger partial charge in [-0.2, -0.15) is 0 Å². The van der Waals surface area contributed by atoms with Crippen molar-refractivity contribution in [3.8, 4) is 39.1 Å². The van der Waals surface area contributed by atoms with Crippen LogP contribution in [0.15, 0.2) is 273 Å². The van der Waals surface area contributed by atoms with E-state index in [0.717, 1.165) is 72.6 Å². The number of nitrogens with zero attached hydrogens (tertiary/aromatic N) is 3. The third-order valence-electron chi connectivity index (χ3n) is 14.4. The Kier molecular flexibility index (Phi) is 8.00. The van der Waals surface area contributed by atoms with Crippen molar-refractivity contribution in [3.05, 3.63) is 295 Å². The van der Waals surface area contributed by atoms with E-state index in [-0.39, 0.29) is 29.7 Å². The van der Waals surface area contributed by atoms with E-state index in [1.165, 1.54) is 27.8 Å². The van der Waals surface area contributed by atoms with Crippen molar-refractivity contribution in [2.45, 2.75) is 5.41 Å². The fraction of sp³-hybridized carbons (Fsp3) is 0.0149. The summed E-state index contributed by atoms with van der Waals surface area (Å²) in [5, 5.41) is 2.14. The Balaban J connectivity index is 1.09. The lowest BCUT2D eigenvalue weighted by atomic mass is 9.70. The van der Waals surface area contributed by atoms with E-state index in [9.17, 15) is 2.74 Å². The molecule has 0 aliphatic heterocycles. The fourth-order valence-corrected chi connectivity index (χ4v) is 11.7. The zero-order valence-electron chi connectivity index (χ0n) is 42.9. The van der Waals surface area contributed by atoms with Crippen LogP contribution < -0.4 is 9.80 Å². The monoisotopic (exact) mass is 896 g/mol. The molecule has 11 aromatic carbocycles. The summed E-state index contributed by atoms with van der Waals surface area (Å²) in [6.07, 6.45) is 0. The first kappa shape index (κ1) is 35.0. The van der Waals surface area contributed by atoms with Gasteiger partial charge >= 0.3 is 0 Å². The first-order chi connectivity index (χ1) is 36.8. The third-order valence-corrected chi connectivity index (χ3v) is 14.4. The highest BCUT2D eigenvalue weighted by molar-refractivity contribution is 6.15. The molecule has 3 nitrogen and oxygen atoms in total. The Morgan fingerprint density at radius 2 is 0.829 bits per heavy atom. The lowest BCUT2D eigenvalue weighted by molar-refractivity contribution is 0.793. The zero-order valence-corrected chi connectivity index (χ0v) is 37.9. The molecule has 1 unspecified atom stereocenters. The van der Waals surface area contributed by atoms with Crippen LogP contribution in [0.4, 0.5) is 34.1 Å². The third kappa shape index (κ3) is 5.88. The number of para-hydroxylation sites is 6. The Hall–Kier alpha value is -9.18. The zero-order chi connectivity index (χ0) is 50.5. The average molecular weight is 897 g/mol. The Labute approximate surface area is 415 Å². The van der Waals surface area contributed by atoms with Gasteiger partial charge < -0.3 is 14.4 Å². The Morgan fingerprint density at radius 3 is 1.47 bits per heavy atom. The maximum atomic E-state index is 9.35. The minimum Gasteiger partial charge on any atom is -0.310 e. The van der Waals surface area contributed by atoms with Gasteiger partial charge in [0.25, 0.3) is 0 Å². The molecule has 0 N–H and O–H groups in total. The highest BCUT2D eigenvalue weighted by atomic mass is 15.2. The fourth-order valence-electron chi connectivity index (χ4n) is 11.7. The van der Waals surface area contributed by atoms with Crippen LogP contribution in [0, 0.1) is 0 Å². The minimum absolute atomic E-state index is 0.134. The molecule has 328 valence electrons. The quantitative estimate of drug-likeness (QED) is 0.151. The number of rotatable bonds is 8. The van der Waals surface area contributed by atoms with Crippen molar-refractivity contribution in [3.63, 3.8) is 0 Å². The van der Waals surface area contributed by atoms with Gasteiger partial charge in [-0.3, -0.25) is 0 Å². The summed E-state index contributed by atoms with van der Waals surface area (Å²) < 4.78 is 47.3. The topological polar surface area (TPSA) is 11.4 Å². The van der Waals surface area contributed by atoms with Crippen LogP contribution in [0.2, 0.25) is 0 Å². The normalized spacial score (nSPS) is 15.1. The second-order valence-corrected chi connectivity index (χ2v) is 18.0. The van der Waals surface area contributed by atoms with Crippen molar-refractivity contribution in [1.82, 2.24) is 4.57 Å². The second kappa shape index (κ2) is 16.0. The number of aromatic nitrogens is 1. The molecule has 12 aromatic rings. The summed E-state index contributed by atoms with van der Waals surface area (Å²) in [7, 11) is 0. The Bertz CT molecular complexity index is 4190. The SMILES string of the molecule is [2H]c1c([2H])c([2H])c(-c2ccccc2N(c2ccc3c(c2)C2(c4ccccc4-c4ccc(N(c5ccccc5)c5ccccc5)cc42)c2ccccc2-3)c2cccc3c4ccccc4n(-c4ccccc4)c23)c([2H])c1[2H]. The molecule has 0 fully saturated rings. The number of hydrogen-bond donors (Lipinski definition) is 0. The smallest absolute Gasteiger partial charge is 0.0782 e. The van der Waals surface area contributed by atoms with Gasteiger partial charge in [0.1, 0.15) is 0 Å². The van der Waals surface area contributed by atoms with Crippen molar-refractivity contribution in [1.29, 1.82) is 0 Å². The van der Waals surface area contributed by atoms with Crippen LogP contribution in [0.25, 0.3) is 60.9 Å². The van der Waals surface area contributed by atoms with Crippen LogP contribution >= 0.6 is 0 Å². The van der Waals surface area contributed by atoms with Crippen LogP contribution in [-0.2, 0) is 5.41 Å². The highest BCUT2D eigenvalue weighted by Gasteiger charge is 2.52. The van der Waals surface area contributed by atoms with Crippen molar-refractivity contribution < 1.29 is 6.85 Å². The van der Waals surface area contributed by atoms with Crippen LogP contribution in [0.3, 0.4) is 0 Å². The summed E-state index contributed by atoms with van der Waals surface area (Å²) in [5.41, 5.74) is 17.7. The summed E-state index contributed by atoms with van der Waals surface area (Å²) in [6, 6.07) is 83.8. The van der Waals surface area contributed by atoms with Gasteiger partial charge in [-0.05, 0) is 129 Å². The molecule has 1 aromatic heterocycles. The average Bonchev–Trinajstić information content (AvgIpc) is 4.12. The number of fused-ring (bicyclic) bond motifs is 13. The second-order valence-electron chi connectivity index (χ2n) is 18.0. The summed E-state index contributed by atoms with van der Waals surface area (Å²) >= 11 is 0. The molecule has 0 radical (unpaired) electrons. The van der Waals surface area contributed by atoms with E-state index in [2.05, 4.69) is 227 Å². The van der Waals surface area contributed by atoms with E-state index >= 15 is 0 Å². The molecule has 1 atom stereocenters. The molecule has 0 saturated heterocycles. The molecular formula is C67H45N3. The molecule has 0 bridgehead atoms. The molecule has 70 heavy (non-hydrogen) atoms. The molecule has 1 heterocycles. The van der Waals surface area contributed by atoms with E-state index in [1.807, 2.05) is 30.3 Å². The standard InChI is InChI=1S/C67H45N3/c1-5-22-46(23-6-1)52-30-15-19-37-63(52)69(65-39-21-34-58-57-33-16-20-38-64(57)70(66(58)65)49-28-11-4-12-29-49)51-41-43-56-54-32-14-18-36-60(54)67(62(56)45-51)59-35-17-13-31-53(59)55-42-40-50(44-61(55)67)68(47-24-7-2-8-25-47)48-26-9-3-10-27-48/h1-45H/i1D,5D,6D,22D,23D. The number of anilines is 6. The maximum absolute atomic E-state index is 9.35. The van der Waals surface area contributed by atoms with Crippen molar-refractivity contribution in [2.75, 3.05) is 9.80 Å². The van der Waals surface area contributed by atoms with E-state index in [4.69, 9.17) is 4.11 Å². The van der Waals surface area contributed by atoms with Gasteiger partial charge in [-0.1, -0.05) is 194 Å². The van der Waals surface area contributed by atoms with E-state index < -0.39 is 11.5 Å². The van der Waals surface area contributed by atoms with E-state index in [1.54, 1.807) is 0 Å². The summed E-state index contributed by atoms with van der Waals surface area (Å²) in [4.78, 5) is 4.58. The molecule has 2 aliphatic rings. The predicted molar refractivity (Wildman–Crippen MR) is 292 cm³/mol. The molecule has 2 aliphatic carbocycles. The van der Waals surface area contributed by atoms with Crippen molar-refractivity contribution >= 4 is 55.9 Å². The molecule has 0 saturated carbocycles. The molecular weight excluding hydrogens is 847 g/mol. The van der Waals surface area contributed by atoms with Crippen LogP contribution in [0.5, 0.6) is 0 Å². The number of benzene rings is 11. The first-order valence-electron chi connectivity index (χ1n) is 26.3. The van der Waals surface area contributed by atoms with Gasteiger partial charge in [0.2, 0.25) is 0 Å². The molecule has 14 rings (SSSR count). The number of hydrogen-bond acceptors (Lipinski definition) is 2. The van der Waals surface area contributed by atoms with Crippen LogP contribution in [-0.4, -0.2) is 4.57 Å². The highest BCUT2D eigenvalue weighted by Crippen LogP contribution is 2.64. The molecule has 1 spiro atoms. The summed E-state index contributed by atoms with van der Waals surface area (Å²) in [5.74, 6) is 0. The lowest BCUT2D eigenvalue weighted by Gasteiger charge is -2.34. The lowest BCUT2D eigenvalue weighted by Crippen LogP contribution is -2.26. The van der Waals surface area contributed by atoms with Gasteiger partial charge in [0.05, 0.1) is 34.7 Å². The van der Waals surface area contributed by atoms with Crippen molar-refractivity contribution in [2.24, 2.45) is 0 Å². The Morgan fingerprint density at radius 1 is 0.343 bits per heavy atom. The predicted octanol–water partition coefficient (Wildman–Crippen LogP) is 17.7. The largest absolute Gasteiger partial charge is 0.310 e. The van der Waals surface area contributed by atoms with Gasteiger partial charge in [-0.25, -0.2) is 0 Å². The first-order valence-corrected chi connectivity index (χ1v) is 23.8. The van der Waals surface area contributed by atoms with Gasteiger partial charge in [-0.15, -0.1) is 0 Å². The molecule has 3 heteroatoms. The van der Waals surface area contributed by atoms with E-state index in [0.29, 0.717) is 11.3 Å².